The molecule has 0 unspecified atom stereocenters. The fraction of sp³-hybridized carbons (Fsp3) is 0.750. The highest BCUT2D eigenvalue weighted by Gasteiger charge is 2.38. The average molecular weight is 140 g/mol. The summed E-state index contributed by atoms with van der Waals surface area (Å²) in [6.07, 6.45) is 3.89. The summed E-state index contributed by atoms with van der Waals surface area (Å²) in [5, 5.41) is 0. The second kappa shape index (κ2) is 2.52. The number of ketones is 1. The molecule has 0 N–H and O–H groups in total. The highest BCUT2D eigenvalue weighted by molar-refractivity contribution is 5.94. The SMILES string of the molecule is CC1(C(=O)CC=O)CCC1. The summed E-state index contributed by atoms with van der Waals surface area (Å²) in [4.78, 5) is 21.1. The Labute approximate surface area is 60.6 Å². The fourth-order valence-electron chi connectivity index (χ4n) is 1.31. The van der Waals surface area contributed by atoms with Crippen LogP contribution < -0.4 is 0 Å². The Morgan fingerprint density at radius 3 is 2.50 bits per heavy atom. The van der Waals surface area contributed by atoms with Crippen LogP contribution in [0.25, 0.3) is 0 Å². The maximum atomic E-state index is 11.1. The van der Waals surface area contributed by atoms with Crippen molar-refractivity contribution in [1.29, 1.82) is 0 Å². The van der Waals surface area contributed by atoms with E-state index in [1.807, 2.05) is 6.92 Å². The van der Waals surface area contributed by atoms with Crippen molar-refractivity contribution in [3.8, 4) is 0 Å². The molecule has 0 bridgehead atoms. The largest absolute Gasteiger partial charge is 0.303 e. The number of Topliss-reactive ketones (excluding diaryl/α,β-unsaturated/α-hetero) is 1. The third-order valence-electron chi connectivity index (χ3n) is 2.40. The van der Waals surface area contributed by atoms with Crippen LogP contribution in [0.4, 0.5) is 0 Å². The standard InChI is InChI=1S/C8H12O2/c1-8(4-2-5-8)7(10)3-6-9/h6H,2-5H2,1H3. The van der Waals surface area contributed by atoms with Gasteiger partial charge in [-0.1, -0.05) is 13.3 Å². The summed E-state index contributed by atoms with van der Waals surface area (Å²) in [5.41, 5.74) is -0.138. The molecule has 0 aromatic rings. The Morgan fingerprint density at radius 1 is 1.60 bits per heavy atom. The van der Waals surface area contributed by atoms with Gasteiger partial charge in [0, 0.05) is 5.41 Å². The van der Waals surface area contributed by atoms with Gasteiger partial charge in [-0.05, 0) is 12.8 Å². The van der Waals surface area contributed by atoms with Crippen LogP contribution in [0.15, 0.2) is 0 Å². The molecule has 1 rings (SSSR count). The zero-order valence-electron chi connectivity index (χ0n) is 6.22. The molecule has 0 atom stereocenters. The van der Waals surface area contributed by atoms with Crippen molar-refractivity contribution in [2.45, 2.75) is 32.6 Å². The molecule has 0 aromatic heterocycles. The summed E-state index contributed by atoms with van der Waals surface area (Å²) >= 11 is 0. The number of rotatable bonds is 3. The summed E-state index contributed by atoms with van der Waals surface area (Å²) < 4.78 is 0. The quantitative estimate of drug-likeness (QED) is 0.438. The van der Waals surface area contributed by atoms with Gasteiger partial charge in [-0.2, -0.15) is 0 Å². The topological polar surface area (TPSA) is 34.1 Å². The van der Waals surface area contributed by atoms with Crippen LogP contribution in [0.1, 0.15) is 32.6 Å². The fourth-order valence-corrected chi connectivity index (χ4v) is 1.31. The van der Waals surface area contributed by atoms with Crippen LogP contribution in [-0.4, -0.2) is 12.1 Å². The van der Waals surface area contributed by atoms with E-state index in [1.165, 1.54) is 0 Å². The lowest BCUT2D eigenvalue weighted by molar-refractivity contribution is -0.133. The second-order valence-corrected chi connectivity index (χ2v) is 3.21. The second-order valence-electron chi connectivity index (χ2n) is 3.21. The molecular formula is C8H12O2. The molecule has 2 heteroatoms. The predicted octanol–water partition coefficient (Wildman–Crippen LogP) is 1.33. The van der Waals surface area contributed by atoms with Gasteiger partial charge in [-0.3, -0.25) is 4.79 Å². The van der Waals surface area contributed by atoms with Crippen molar-refractivity contribution in [2.75, 3.05) is 0 Å². The van der Waals surface area contributed by atoms with Crippen molar-refractivity contribution < 1.29 is 9.59 Å². The van der Waals surface area contributed by atoms with Gasteiger partial charge in [0.15, 0.2) is 0 Å². The Bertz CT molecular complexity index is 157. The average Bonchev–Trinajstić information content (AvgIpc) is 1.83. The van der Waals surface area contributed by atoms with E-state index in [9.17, 15) is 9.59 Å². The molecule has 0 aliphatic heterocycles. The van der Waals surface area contributed by atoms with Gasteiger partial charge in [0.05, 0.1) is 6.42 Å². The summed E-state index contributed by atoms with van der Waals surface area (Å²) in [7, 11) is 0. The first-order valence-electron chi connectivity index (χ1n) is 3.66. The Morgan fingerprint density at radius 2 is 2.20 bits per heavy atom. The normalized spacial score (nSPS) is 21.3. The Balaban J connectivity index is 2.46. The lowest BCUT2D eigenvalue weighted by Crippen LogP contribution is -2.34. The van der Waals surface area contributed by atoms with E-state index < -0.39 is 0 Å². The number of carbonyl (C=O) groups is 2. The summed E-state index contributed by atoms with van der Waals surface area (Å²) in [6, 6.07) is 0. The lowest BCUT2D eigenvalue weighted by Gasteiger charge is -2.36. The molecule has 0 aromatic carbocycles. The molecule has 1 aliphatic carbocycles. The highest BCUT2D eigenvalue weighted by Crippen LogP contribution is 2.41. The third kappa shape index (κ3) is 1.11. The van der Waals surface area contributed by atoms with E-state index in [-0.39, 0.29) is 17.6 Å². The molecule has 0 saturated heterocycles. The monoisotopic (exact) mass is 140 g/mol. The van der Waals surface area contributed by atoms with Crippen molar-refractivity contribution in [3.63, 3.8) is 0 Å². The molecule has 1 aliphatic rings. The van der Waals surface area contributed by atoms with Crippen LogP contribution in [0.2, 0.25) is 0 Å². The van der Waals surface area contributed by atoms with Crippen LogP contribution in [0, 0.1) is 5.41 Å². The lowest BCUT2D eigenvalue weighted by atomic mass is 9.67. The zero-order chi connectivity index (χ0) is 7.61. The van der Waals surface area contributed by atoms with Gasteiger partial charge in [-0.15, -0.1) is 0 Å². The van der Waals surface area contributed by atoms with Gasteiger partial charge in [0.25, 0.3) is 0 Å². The van der Waals surface area contributed by atoms with Gasteiger partial charge in [-0.25, -0.2) is 0 Å². The first-order chi connectivity index (χ1) is 4.69. The maximum absolute atomic E-state index is 11.1. The predicted molar refractivity (Wildman–Crippen MR) is 37.6 cm³/mol. The minimum absolute atomic E-state index is 0.108. The van der Waals surface area contributed by atoms with Crippen LogP contribution in [-0.2, 0) is 9.59 Å². The molecule has 2 nitrogen and oxygen atoms in total. The Kier molecular flexibility index (Phi) is 1.88. The van der Waals surface area contributed by atoms with E-state index >= 15 is 0 Å². The van der Waals surface area contributed by atoms with Crippen molar-refractivity contribution in [3.05, 3.63) is 0 Å². The zero-order valence-corrected chi connectivity index (χ0v) is 6.22. The van der Waals surface area contributed by atoms with Crippen LogP contribution >= 0.6 is 0 Å². The number of hydrogen-bond acceptors (Lipinski definition) is 2. The van der Waals surface area contributed by atoms with Crippen molar-refractivity contribution >= 4 is 12.1 Å². The van der Waals surface area contributed by atoms with Crippen molar-refractivity contribution in [1.82, 2.24) is 0 Å². The van der Waals surface area contributed by atoms with E-state index in [1.54, 1.807) is 0 Å². The number of hydrogen-bond donors (Lipinski definition) is 0. The number of carbonyl (C=O) groups excluding carboxylic acids is 2. The van der Waals surface area contributed by atoms with E-state index in [0.29, 0.717) is 6.29 Å². The molecule has 0 heterocycles. The van der Waals surface area contributed by atoms with Gasteiger partial charge in [0.1, 0.15) is 12.1 Å². The first kappa shape index (κ1) is 7.45. The Hall–Kier alpha value is -0.660. The molecule has 1 saturated carbocycles. The van der Waals surface area contributed by atoms with Crippen molar-refractivity contribution in [2.24, 2.45) is 5.41 Å². The van der Waals surface area contributed by atoms with Crippen LogP contribution in [0.5, 0.6) is 0 Å². The van der Waals surface area contributed by atoms with E-state index in [4.69, 9.17) is 0 Å². The van der Waals surface area contributed by atoms with Gasteiger partial charge in [0.2, 0.25) is 0 Å². The minimum Gasteiger partial charge on any atom is -0.303 e. The molecular weight excluding hydrogens is 128 g/mol. The maximum Gasteiger partial charge on any atom is 0.145 e. The molecule has 0 spiro atoms. The van der Waals surface area contributed by atoms with E-state index in [2.05, 4.69) is 0 Å². The van der Waals surface area contributed by atoms with Gasteiger partial charge >= 0.3 is 0 Å². The molecule has 10 heavy (non-hydrogen) atoms. The van der Waals surface area contributed by atoms with E-state index in [0.717, 1.165) is 19.3 Å². The minimum atomic E-state index is -0.138. The highest BCUT2D eigenvalue weighted by atomic mass is 16.1. The molecule has 0 amide bonds. The smallest absolute Gasteiger partial charge is 0.145 e. The molecule has 1 fully saturated rings. The summed E-state index contributed by atoms with van der Waals surface area (Å²) in [6.45, 7) is 1.95. The first-order valence-corrected chi connectivity index (χ1v) is 3.66. The van der Waals surface area contributed by atoms with Crippen LogP contribution in [0.3, 0.4) is 0 Å². The molecule has 56 valence electrons. The number of aldehydes is 1. The third-order valence-corrected chi connectivity index (χ3v) is 2.40. The van der Waals surface area contributed by atoms with Gasteiger partial charge < -0.3 is 4.79 Å². The molecule has 0 radical (unpaired) electrons. The summed E-state index contributed by atoms with van der Waals surface area (Å²) in [5.74, 6) is 0.119.